The summed E-state index contributed by atoms with van der Waals surface area (Å²) in [6.07, 6.45) is 0.734. The van der Waals surface area contributed by atoms with Crippen molar-refractivity contribution in [2.24, 2.45) is 0 Å². The standard InChI is InChI=1S/C12H15N3O3S2/c1-8-12(10(7-16)14-13-8)20(17,18)15-4-2-11-9(6-15)3-5-19-11/h3,5,16H,2,4,6-7H2,1H3,(H,13,14). The summed E-state index contributed by atoms with van der Waals surface area (Å²) in [5, 5.41) is 17.7. The number of aromatic amines is 1. The van der Waals surface area contributed by atoms with E-state index in [4.69, 9.17) is 0 Å². The Hall–Kier alpha value is -1.22. The number of sulfonamides is 1. The number of hydrogen-bond acceptors (Lipinski definition) is 5. The quantitative estimate of drug-likeness (QED) is 0.886. The SMILES string of the molecule is Cc1[nH]nc(CO)c1S(=O)(=O)N1CCc2sccc2C1. The first kappa shape index (κ1) is 13.7. The number of nitrogens with one attached hydrogen (secondary N) is 1. The number of aromatic nitrogens is 2. The third-order valence-electron chi connectivity index (χ3n) is 3.48. The largest absolute Gasteiger partial charge is 0.390 e. The van der Waals surface area contributed by atoms with Crippen LogP contribution in [0.5, 0.6) is 0 Å². The lowest BCUT2D eigenvalue weighted by molar-refractivity contribution is 0.272. The number of hydrogen-bond donors (Lipinski definition) is 2. The lowest BCUT2D eigenvalue weighted by atomic mass is 10.1. The van der Waals surface area contributed by atoms with Crippen LogP contribution in [0, 0.1) is 6.92 Å². The number of H-pyrrole nitrogens is 1. The molecule has 0 radical (unpaired) electrons. The van der Waals surface area contributed by atoms with Crippen molar-refractivity contribution < 1.29 is 13.5 Å². The molecule has 1 aliphatic rings. The summed E-state index contributed by atoms with van der Waals surface area (Å²) in [4.78, 5) is 1.36. The van der Waals surface area contributed by atoms with Gasteiger partial charge in [-0.3, -0.25) is 5.10 Å². The Morgan fingerprint density at radius 3 is 3.10 bits per heavy atom. The van der Waals surface area contributed by atoms with Crippen LogP contribution in [-0.2, 0) is 29.6 Å². The fraction of sp³-hybridized carbons (Fsp3) is 0.417. The van der Waals surface area contributed by atoms with E-state index >= 15 is 0 Å². The minimum absolute atomic E-state index is 0.110. The molecule has 0 atom stereocenters. The number of fused-ring (bicyclic) bond motifs is 1. The molecule has 3 rings (SSSR count). The fourth-order valence-corrected chi connectivity index (χ4v) is 5.10. The monoisotopic (exact) mass is 313 g/mol. The first-order valence-corrected chi connectivity index (χ1v) is 8.56. The van der Waals surface area contributed by atoms with Gasteiger partial charge in [0.15, 0.2) is 0 Å². The predicted octanol–water partition coefficient (Wildman–Crippen LogP) is 1.02. The maximum Gasteiger partial charge on any atom is 0.247 e. The summed E-state index contributed by atoms with van der Waals surface area (Å²) < 4.78 is 26.9. The van der Waals surface area contributed by atoms with Crippen LogP contribution in [0.4, 0.5) is 0 Å². The fourth-order valence-electron chi connectivity index (χ4n) is 2.48. The highest BCUT2D eigenvalue weighted by atomic mass is 32.2. The molecule has 0 bridgehead atoms. The van der Waals surface area contributed by atoms with Gasteiger partial charge in [-0.2, -0.15) is 9.40 Å². The Morgan fingerprint density at radius 1 is 1.55 bits per heavy atom. The average Bonchev–Trinajstić information content (AvgIpc) is 3.03. The molecule has 2 aromatic heterocycles. The summed E-state index contributed by atoms with van der Waals surface area (Å²) in [5.74, 6) is 0. The number of rotatable bonds is 3. The van der Waals surface area contributed by atoms with Crippen LogP contribution in [0.15, 0.2) is 16.3 Å². The second-order valence-electron chi connectivity index (χ2n) is 4.74. The zero-order valence-corrected chi connectivity index (χ0v) is 12.6. The molecule has 0 amide bonds. The van der Waals surface area contributed by atoms with Crippen LogP contribution in [-0.4, -0.2) is 34.6 Å². The molecule has 8 heteroatoms. The van der Waals surface area contributed by atoms with Crippen LogP contribution < -0.4 is 0 Å². The van der Waals surface area contributed by atoms with Crippen molar-refractivity contribution in [3.05, 3.63) is 33.3 Å². The maximum absolute atomic E-state index is 12.7. The molecule has 0 aromatic carbocycles. The summed E-state index contributed by atoms with van der Waals surface area (Å²) in [6, 6.07) is 1.97. The lowest BCUT2D eigenvalue weighted by Gasteiger charge is -2.26. The van der Waals surface area contributed by atoms with Crippen molar-refractivity contribution in [2.75, 3.05) is 6.54 Å². The first-order chi connectivity index (χ1) is 9.54. The van der Waals surface area contributed by atoms with Gasteiger partial charge in [0.25, 0.3) is 0 Å². The smallest absolute Gasteiger partial charge is 0.247 e. The van der Waals surface area contributed by atoms with Crippen LogP contribution in [0.3, 0.4) is 0 Å². The van der Waals surface area contributed by atoms with E-state index in [9.17, 15) is 13.5 Å². The van der Waals surface area contributed by atoms with E-state index < -0.39 is 16.6 Å². The zero-order valence-electron chi connectivity index (χ0n) is 11.0. The van der Waals surface area contributed by atoms with Gasteiger partial charge in [-0.25, -0.2) is 8.42 Å². The molecule has 0 saturated heterocycles. The van der Waals surface area contributed by atoms with Crippen molar-refractivity contribution in [1.82, 2.24) is 14.5 Å². The van der Waals surface area contributed by atoms with Gasteiger partial charge in [0.2, 0.25) is 10.0 Å². The van der Waals surface area contributed by atoms with E-state index in [-0.39, 0.29) is 10.6 Å². The van der Waals surface area contributed by atoms with E-state index in [0.29, 0.717) is 18.8 Å². The molecular weight excluding hydrogens is 298 g/mol. The van der Waals surface area contributed by atoms with E-state index in [2.05, 4.69) is 10.2 Å². The number of aryl methyl sites for hydroxylation is 1. The third kappa shape index (κ3) is 2.08. The zero-order chi connectivity index (χ0) is 14.3. The molecular formula is C12H15N3O3S2. The van der Waals surface area contributed by atoms with Gasteiger partial charge < -0.3 is 5.11 Å². The Morgan fingerprint density at radius 2 is 2.35 bits per heavy atom. The molecule has 2 aromatic rings. The Balaban J connectivity index is 1.99. The molecule has 0 fully saturated rings. The number of nitrogens with zero attached hydrogens (tertiary/aromatic N) is 2. The highest BCUT2D eigenvalue weighted by Crippen LogP contribution is 2.29. The molecule has 0 saturated carbocycles. The van der Waals surface area contributed by atoms with Gasteiger partial charge in [0.05, 0.1) is 12.3 Å². The van der Waals surface area contributed by atoms with Gasteiger partial charge >= 0.3 is 0 Å². The van der Waals surface area contributed by atoms with Gasteiger partial charge in [-0.05, 0) is 30.4 Å². The number of aliphatic hydroxyl groups is 1. The van der Waals surface area contributed by atoms with E-state index in [1.807, 2.05) is 11.4 Å². The van der Waals surface area contributed by atoms with Crippen molar-refractivity contribution in [3.63, 3.8) is 0 Å². The molecule has 20 heavy (non-hydrogen) atoms. The Labute approximate surface area is 121 Å². The molecule has 0 unspecified atom stereocenters. The lowest BCUT2D eigenvalue weighted by Crippen LogP contribution is -2.36. The van der Waals surface area contributed by atoms with Crippen molar-refractivity contribution in [3.8, 4) is 0 Å². The summed E-state index contributed by atoms with van der Waals surface area (Å²) >= 11 is 1.67. The molecule has 0 aliphatic carbocycles. The topological polar surface area (TPSA) is 86.3 Å². The van der Waals surface area contributed by atoms with E-state index in [0.717, 1.165) is 12.0 Å². The van der Waals surface area contributed by atoms with Crippen LogP contribution >= 0.6 is 11.3 Å². The average molecular weight is 313 g/mol. The van der Waals surface area contributed by atoms with Crippen LogP contribution in [0.25, 0.3) is 0 Å². The summed E-state index contributed by atoms with van der Waals surface area (Å²) in [5.41, 5.74) is 1.71. The molecule has 3 heterocycles. The summed E-state index contributed by atoms with van der Waals surface area (Å²) in [7, 11) is -3.63. The van der Waals surface area contributed by atoms with Crippen LogP contribution in [0.2, 0.25) is 0 Å². The summed E-state index contributed by atoms with van der Waals surface area (Å²) in [6.45, 7) is 2.11. The van der Waals surface area contributed by atoms with Crippen molar-refractivity contribution >= 4 is 21.4 Å². The molecule has 108 valence electrons. The van der Waals surface area contributed by atoms with Gasteiger partial charge in [-0.15, -0.1) is 11.3 Å². The number of aliphatic hydroxyl groups excluding tert-OH is 1. The van der Waals surface area contributed by atoms with Crippen LogP contribution in [0.1, 0.15) is 21.8 Å². The van der Waals surface area contributed by atoms with E-state index in [1.54, 1.807) is 18.3 Å². The van der Waals surface area contributed by atoms with Gasteiger partial charge in [-0.1, -0.05) is 0 Å². The predicted molar refractivity (Wildman–Crippen MR) is 74.9 cm³/mol. The minimum Gasteiger partial charge on any atom is -0.390 e. The second-order valence-corrected chi connectivity index (χ2v) is 7.62. The normalized spacial score (nSPS) is 16.3. The first-order valence-electron chi connectivity index (χ1n) is 6.24. The van der Waals surface area contributed by atoms with Gasteiger partial charge in [0, 0.05) is 18.0 Å². The van der Waals surface area contributed by atoms with Crippen molar-refractivity contribution in [2.45, 2.75) is 31.4 Å². The number of thiophene rings is 1. The molecule has 2 N–H and O–H groups in total. The highest BCUT2D eigenvalue weighted by molar-refractivity contribution is 7.89. The minimum atomic E-state index is -3.63. The van der Waals surface area contributed by atoms with Gasteiger partial charge in [0.1, 0.15) is 10.6 Å². The van der Waals surface area contributed by atoms with E-state index in [1.165, 1.54) is 9.18 Å². The molecule has 6 nitrogen and oxygen atoms in total. The molecule has 0 spiro atoms. The van der Waals surface area contributed by atoms with Crippen molar-refractivity contribution in [1.29, 1.82) is 0 Å². The Bertz CT molecular complexity index is 733. The Kier molecular flexibility index (Phi) is 3.41. The third-order valence-corrected chi connectivity index (χ3v) is 6.55. The highest BCUT2D eigenvalue weighted by Gasteiger charge is 2.33. The maximum atomic E-state index is 12.7. The second kappa shape index (κ2) is 4.96. The molecule has 1 aliphatic heterocycles.